The summed E-state index contributed by atoms with van der Waals surface area (Å²) in [5, 5.41) is 0. The summed E-state index contributed by atoms with van der Waals surface area (Å²) in [6, 6.07) is 0.792. The monoisotopic (exact) mass is 143 g/mol. The van der Waals surface area contributed by atoms with Crippen LogP contribution in [0.25, 0.3) is 0 Å². The Bertz CT molecular complexity index is 95.3. The average molecular weight is 143 g/mol. The molecule has 10 heavy (non-hydrogen) atoms. The lowest BCUT2D eigenvalue weighted by molar-refractivity contribution is 0.163. The van der Waals surface area contributed by atoms with E-state index in [-0.39, 0.29) is 0 Å². The number of ether oxygens (including phenoxy) is 1. The average Bonchev–Trinajstić information content (AvgIpc) is 2.31. The zero-order valence-corrected chi connectivity index (χ0v) is 6.97. The number of methoxy groups -OCH3 is 1. The summed E-state index contributed by atoms with van der Waals surface area (Å²) < 4.78 is 5.03. The van der Waals surface area contributed by atoms with Crippen LogP contribution in [0.15, 0.2) is 0 Å². The molecule has 2 heteroatoms. The summed E-state index contributed by atoms with van der Waals surface area (Å²) in [6.07, 6.45) is 3.93. The lowest BCUT2D eigenvalue weighted by Gasteiger charge is -2.18. The highest BCUT2D eigenvalue weighted by Gasteiger charge is 2.19. The SMILES string of the molecule is COCC[C@@H]1CCCN1C. The lowest BCUT2D eigenvalue weighted by Crippen LogP contribution is -2.25. The molecule has 0 spiro atoms. The summed E-state index contributed by atoms with van der Waals surface area (Å²) in [4.78, 5) is 2.43. The van der Waals surface area contributed by atoms with E-state index in [4.69, 9.17) is 4.74 Å². The third-order valence-electron chi connectivity index (χ3n) is 2.33. The minimum absolute atomic E-state index is 0.792. The van der Waals surface area contributed by atoms with Gasteiger partial charge in [-0.1, -0.05) is 0 Å². The molecule has 0 saturated carbocycles. The third-order valence-corrected chi connectivity index (χ3v) is 2.33. The second-order valence-electron chi connectivity index (χ2n) is 3.06. The van der Waals surface area contributed by atoms with Gasteiger partial charge in [0.15, 0.2) is 0 Å². The summed E-state index contributed by atoms with van der Waals surface area (Å²) in [6.45, 7) is 2.18. The van der Waals surface area contributed by atoms with Gasteiger partial charge in [0.2, 0.25) is 0 Å². The quantitative estimate of drug-likeness (QED) is 0.587. The Kier molecular flexibility index (Phi) is 3.16. The first kappa shape index (κ1) is 8.02. The summed E-state index contributed by atoms with van der Waals surface area (Å²) in [5.41, 5.74) is 0. The van der Waals surface area contributed by atoms with Gasteiger partial charge in [0, 0.05) is 19.8 Å². The number of hydrogen-bond donors (Lipinski definition) is 0. The maximum absolute atomic E-state index is 5.03. The third kappa shape index (κ3) is 1.96. The highest BCUT2D eigenvalue weighted by atomic mass is 16.5. The van der Waals surface area contributed by atoms with E-state index in [1.165, 1.54) is 25.8 Å². The zero-order chi connectivity index (χ0) is 7.40. The molecule has 1 rings (SSSR count). The topological polar surface area (TPSA) is 12.5 Å². The van der Waals surface area contributed by atoms with Crippen molar-refractivity contribution in [2.45, 2.75) is 25.3 Å². The molecule has 1 aliphatic rings. The molecule has 0 amide bonds. The van der Waals surface area contributed by atoms with Gasteiger partial charge >= 0.3 is 0 Å². The van der Waals surface area contributed by atoms with Gasteiger partial charge < -0.3 is 9.64 Å². The van der Waals surface area contributed by atoms with Gasteiger partial charge in [-0.2, -0.15) is 0 Å². The molecule has 1 atom stereocenters. The van der Waals surface area contributed by atoms with Crippen LogP contribution in [0.2, 0.25) is 0 Å². The van der Waals surface area contributed by atoms with Crippen molar-refractivity contribution in [3.8, 4) is 0 Å². The van der Waals surface area contributed by atoms with E-state index in [2.05, 4.69) is 11.9 Å². The molecule has 1 fully saturated rings. The van der Waals surface area contributed by atoms with Crippen LogP contribution in [0.3, 0.4) is 0 Å². The van der Waals surface area contributed by atoms with Crippen LogP contribution in [0, 0.1) is 0 Å². The summed E-state index contributed by atoms with van der Waals surface area (Å²) in [5.74, 6) is 0. The molecule has 0 unspecified atom stereocenters. The summed E-state index contributed by atoms with van der Waals surface area (Å²) >= 11 is 0. The van der Waals surface area contributed by atoms with Crippen LogP contribution >= 0.6 is 0 Å². The predicted octanol–water partition coefficient (Wildman–Crippen LogP) is 1.12. The van der Waals surface area contributed by atoms with E-state index < -0.39 is 0 Å². The minimum Gasteiger partial charge on any atom is -0.385 e. The van der Waals surface area contributed by atoms with Gasteiger partial charge in [0.1, 0.15) is 0 Å². The van der Waals surface area contributed by atoms with Crippen molar-refractivity contribution >= 4 is 0 Å². The number of nitrogens with zero attached hydrogens (tertiary/aromatic N) is 1. The number of rotatable bonds is 3. The van der Waals surface area contributed by atoms with E-state index in [0.29, 0.717) is 0 Å². The maximum Gasteiger partial charge on any atom is 0.0477 e. The maximum atomic E-state index is 5.03. The molecule has 2 nitrogen and oxygen atoms in total. The molecule has 0 aromatic rings. The standard InChI is InChI=1S/C8H17NO/c1-9-6-3-4-8(9)5-7-10-2/h8H,3-7H2,1-2H3/t8-/m0/s1. The molecule has 0 radical (unpaired) electrons. The van der Waals surface area contributed by atoms with Crippen LogP contribution in [0.1, 0.15) is 19.3 Å². The van der Waals surface area contributed by atoms with Gasteiger partial charge in [0.05, 0.1) is 0 Å². The number of hydrogen-bond acceptors (Lipinski definition) is 2. The molecule has 1 heterocycles. The molecule has 0 aromatic carbocycles. The van der Waals surface area contributed by atoms with Crippen molar-refractivity contribution in [2.75, 3.05) is 27.3 Å². The van der Waals surface area contributed by atoms with Crippen LogP contribution in [-0.4, -0.2) is 38.3 Å². The molecule has 60 valence electrons. The molecule has 1 aliphatic heterocycles. The Hall–Kier alpha value is -0.0800. The fraction of sp³-hybridized carbons (Fsp3) is 1.00. The van der Waals surface area contributed by atoms with Gasteiger partial charge in [-0.25, -0.2) is 0 Å². The van der Waals surface area contributed by atoms with Crippen LogP contribution in [0.4, 0.5) is 0 Å². The zero-order valence-electron chi connectivity index (χ0n) is 6.97. The van der Waals surface area contributed by atoms with E-state index in [1.807, 2.05) is 0 Å². The molecule has 0 aromatic heterocycles. The molecule has 0 N–H and O–H groups in total. The fourth-order valence-electron chi connectivity index (χ4n) is 1.60. The summed E-state index contributed by atoms with van der Waals surface area (Å²) in [7, 11) is 3.97. The predicted molar refractivity (Wildman–Crippen MR) is 42.1 cm³/mol. The van der Waals surface area contributed by atoms with E-state index in [0.717, 1.165) is 12.6 Å². The molecule has 0 bridgehead atoms. The van der Waals surface area contributed by atoms with E-state index >= 15 is 0 Å². The van der Waals surface area contributed by atoms with Crippen LogP contribution in [-0.2, 0) is 4.74 Å². The Morgan fingerprint density at radius 2 is 2.40 bits per heavy atom. The van der Waals surface area contributed by atoms with Crippen molar-refractivity contribution in [1.82, 2.24) is 4.90 Å². The minimum atomic E-state index is 0.792. The van der Waals surface area contributed by atoms with Gasteiger partial charge in [-0.3, -0.25) is 0 Å². The largest absolute Gasteiger partial charge is 0.385 e. The Balaban J connectivity index is 2.14. The highest BCUT2D eigenvalue weighted by Crippen LogP contribution is 2.17. The number of likely N-dealkylation sites (tertiary alicyclic amines) is 1. The smallest absolute Gasteiger partial charge is 0.0477 e. The lowest BCUT2D eigenvalue weighted by atomic mass is 10.2. The van der Waals surface area contributed by atoms with Crippen molar-refractivity contribution in [1.29, 1.82) is 0 Å². The highest BCUT2D eigenvalue weighted by molar-refractivity contribution is 4.75. The first-order valence-corrected chi connectivity index (χ1v) is 4.04. The van der Waals surface area contributed by atoms with Gasteiger partial charge in [0.25, 0.3) is 0 Å². The van der Waals surface area contributed by atoms with Crippen molar-refractivity contribution in [3.05, 3.63) is 0 Å². The van der Waals surface area contributed by atoms with Crippen LogP contribution < -0.4 is 0 Å². The Morgan fingerprint density at radius 1 is 1.60 bits per heavy atom. The van der Waals surface area contributed by atoms with E-state index in [1.54, 1.807) is 7.11 Å². The van der Waals surface area contributed by atoms with Gasteiger partial charge in [-0.05, 0) is 32.9 Å². The molecular weight excluding hydrogens is 126 g/mol. The van der Waals surface area contributed by atoms with Crippen molar-refractivity contribution < 1.29 is 4.74 Å². The van der Waals surface area contributed by atoms with Gasteiger partial charge in [-0.15, -0.1) is 0 Å². The second-order valence-corrected chi connectivity index (χ2v) is 3.06. The molecular formula is C8H17NO. The van der Waals surface area contributed by atoms with Crippen molar-refractivity contribution in [2.24, 2.45) is 0 Å². The first-order chi connectivity index (χ1) is 4.84. The second kappa shape index (κ2) is 3.94. The van der Waals surface area contributed by atoms with E-state index in [9.17, 15) is 0 Å². The fourth-order valence-corrected chi connectivity index (χ4v) is 1.60. The molecule has 0 aliphatic carbocycles. The first-order valence-electron chi connectivity index (χ1n) is 4.04. The molecule has 1 saturated heterocycles. The normalized spacial score (nSPS) is 27.6. The Labute approximate surface area is 63.2 Å². The van der Waals surface area contributed by atoms with Crippen LogP contribution in [0.5, 0.6) is 0 Å². The Morgan fingerprint density at radius 3 is 2.90 bits per heavy atom. The van der Waals surface area contributed by atoms with Crippen molar-refractivity contribution in [3.63, 3.8) is 0 Å².